The molecule has 0 unspecified atom stereocenters. The summed E-state index contributed by atoms with van der Waals surface area (Å²) < 4.78 is 11.5. The summed E-state index contributed by atoms with van der Waals surface area (Å²) in [5.74, 6) is 0.699. The summed E-state index contributed by atoms with van der Waals surface area (Å²) in [5, 5.41) is 6.83. The smallest absolute Gasteiger partial charge is 0.252 e. The molecule has 0 bridgehead atoms. The van der Waals surface area contributed by atoms with Crippen LogP contribution in [0, 0.1) is 5.92 Å². The highest BCUT2D eigenvalue weighted by molar-refractivity contribution is 7.08. The van der Waals surface area contributed by atoms with Gasteiger partial charge in [-0.2, -0.15) is 11.3 Å². The molecule has 1 aromatic heterocycles. The zero-order valence-corrected chi connectivity index (χ0v) is 12.4. The molecule has 1 aromatic rings. The number of carbonyl (C=O) groups is 1. The summed E-state index contributed by atoms with van der Waals surface area (Å²) >= 11 is 1.53. The number of hydrogen-bond donors (Lipinski definition) is 1. The first-order valence-corrected chi connectivity index (χ1v) is 8.29. The van der Waals surface area contributed by atoms with Gasteiger partial charge < -0.3 is 14.8 Å². The van der Waals surface area contributed by atoms with Gasteiger partial charge >= 0.3 is 0 Å². The summed E-state index contributed by atoms with van der Waals surface area (Å²) in [6.07, 6.45) is 4.86. The molecule has 0 radical (unpaired) electrons. The normalized spacial score (nSPS) is 27.0. The van der Waals surface area contributed by atoms with Crippen LogP contribution in [0.1, 0.15) is 36.0 Å². The van der Waals surface area contributed by atoms with Crippen molar-refractivity contribution in [2.24, 2.45) is 5.92 Å². The quantitative estimate of drug-likeness (QED) is 0.907. The molecule has 1 N–H and O–H groups in total. The molecule has 1 aliphatic heterocycles. The number of amides is 1. The Hall–Kier alpha value is -0.910. The van der Waals surface area contributed by atoms with Gasteiger partial charge in [0.15, 0.2) is 0 Å². The molecular weight excluding hydrogens is 274 g/mol. The molecule has 0 aromatic carbocycles. The Labute approximate surface area is 123 Å². The Morgan fingerprint density at radius 2 is 2.35 bits per heavy atom. The topological polar surface area (TPSA) is 47.6 Å². The SMILES string of the molecule is O=C(N[C@@H]1COCC[C@@H]1OCC1CCC1)c1ccsc1. The molecule has 2 aliphatic rings. The summed E-state index contributed by atoms with van der Waals surface area (Å²) in [5.41, 5.74) is 0.721. The molecule has 1 saturated carbocycles. The minimum absolute atomic E-state index is 0.0287. The molecule has 4 nitrogen and oxygen atoms in total. The Bertz CT molecular complexity index is 430. The zero-order valence-electron chi connectivity index (χ0n) is 11.5. The Morgan fingerprint density at radius 3 is 3.05 bits per heavy atom. The van der Waals surface area contributed by atoms with E-state index in [4.69, 9.17) is 9.47 Å². The van der Waals surface area contributed by atoms with Gasteiger partial charge in [-0.1, -0.05) is 6.42 Å². The van der Waals surface area contributed by atoms with E-state index in [-0.39, 0.29) is 18.1 Å². The van der Waals surface area contributed by atoms with Gasteiger partial charge in [0.25, 0.3) is 5.91 Å². The Balaban J connectivity index is 1.52. The Kier molecular flexibility index (Phi) is 4.70. The van der Waals surface area contributed by atoms with Gasteiger partial charge in [-0.25, -0.2) is 0 Å². The van der Waals surface area contributed by atoms with Gasteiger partial charge in [0.2, 0.25) is 0 Å². The second-order valence-corrected chi connectivity index (χ2v) is 6.40. The van der Waals surface area contributed by atoms with Crippen LogP contribution < -0.4 is 5.32 Å². The minimum Gasteiger partial charge on any atom is -0.379 e. The molecule has 1 amide bonds. The fourth-order valence-electron chi connectivity index (χ4n) is 2.62. The number of nitrogens with one attached hydrogen (secondary N) is 1. The number of thiophene rings is 1. The van der Waals surface area contributed by atoms with Crippen LogP contribution in [0.3, 0.4) is 0 Å². The molecule has 110 valence electrons. The van der Waals surface area contributed by atoms with E-state index in [1.165, 1.54) is 30.6 Å². The molecule has 2 heterocycles. The lowest BCUT2D eigenvalue weighted by molar-refractivity contribution is -0.0696. The second-order valence-electron chi connectivity index (χ2n) is 5.62. The largest absolute Gasteiger partial charge is 0.379 e. The average Bonchev–Trinajstić information content (AvgIpc) is 2.93. The van der Waals surface area contributed by atoms with Crippen LogP contribution in [-0.2, 0) is 9.47 Å². The van der Waals surface area contributed by atoms with E-state index < -0.39 is 0 Å². The molecule has 2 fully saturated rings. The lowest BCUT2D eigenvalue weighted by Crippen LogP contribution is -2.51. The zero-order chi connectivity index (χ0) is 13.8. The third kappa shape index (κ3) is 3.40. The summed E-state index contributed by atoms with van der Waals surface area (Å²) in [4.78, 5) is 12.1. The molecule has 0 spiro atoms. The molecular formula is C15H21NO3S. The van der Waals surface area contributed by atoms with Gasteiger partial charge in [-0.3, -0.25) is 4.79 Å². The van der Waals surface area contributed by atoms with Crippen molar-refractivity contribution in [2.45, 2.75) is 37.8 Å². The van der Waals surface area contributed by atoms with Gasteiger partial charge in [-0.05, 0) is 36.6 Å². The average molecular weight is 295 g/mol. The standard InChI is InChI=1S/C15H21NO3S/c17-15(12-5-7-20-10-12)16-13-9-18-6-4-14(13)19-8-11-2-1-3-11/h5,7,10-11,13-14H,1-4,6,8-9H2,(H,16,17)/t13-,14+/m1/s1. The van der Waals surface area contributed by atoms with Gasteiger partial charge in [0, 0.05) is 24.2 Å². The number of carbonyl (C=O) groups excluding carboxylic acids is 1. The first-order valence-electron chi connectivity index (χ1n) is 7.35. The molecule has 2 atom stereocenters. The lowest BCUT2D eigenvalue weighted by Gasteiger charge is -2.34. The van der Waals surface area contributed by atoms with E-state index in [0.29, 0.717) is 6.61 Å². The van der Waals surface area contributed by atoms with Crippen molar-refractivity contribution in [3.63, 3.8) is 0 Å². The van der Waals surface area contributed by atoms with Crippen molar-refractivity contribution in [3.8, 4) is 0 Å². The minimum atomic E-state index is -0.0313. The van der Waals surface area contributed by atoms with Crippen molar-refractivity contribution in [2.75, 3.05) is 19.8 Å². The highest BCUT2D eigenvalue weighted by Crippen LogP contribution is 2.27. The third-order valence-electron chi connectivity index (χ3n) is 4.16. The number of rotatable bonds is 5. The predicted octanol–water partition coefficient (Wildman–Crippen LogP) is 2.45. The summed E-state index contributed by atoms with van der Waals surface area (Å²) in [7, 11) is 0. The number of hydrogen-bond acceptors (Lipinski definition) is 4. The van der Waals surface area contributed by atoms with Crippen LogP contribution in [0.25, 0.3) is 0 Å². The fraction of sp³-hybridized carbons (Fsp3) is 0.667. The van der Waals surface area contributed by atoms with Crippen LogP contribution in [0.15, 0.2) is 16.8 Å². The van der Waals surface area contributed by atoms with Crippen LogP contribution in [0.4, 0.5) is 0 Å². The highest BCUT2D eigenvalue weighted by Gasteiger charge is 2.29. The van der Waals surface area contributed by atoms with Crippen molar-refractivity contribution < 1.29 is 14.3 Å². The van der Waals surface area contributed by atoms with E-state index >= 15 is 0 Å². The van der Waals surface area contributed by atoms with Crippen LogP contribution in [-0.4, -0.2) is 37.9 Å². The van der Waals surface area contributed by atoms with E-state index in [9.17, 15) is 4.79 Å². The second kappa shape index (κ2) is 6.70. The third-order valence-corrected chi connectivity index (χ3v) is 4.85. The molecule has 1 saturated heterocycles. The first-order chi connectivity index (χ1) is 9.83. The van der Waals surface area contributed by atoms with Gasteiger partial charge in [0.1, 0.15) is 0 Å². The predicted molar refractivity (Wildman–Crippen MR) is 78.1 cm³/mol. The van der Waals surface area contributed by atoms with Gasteiger partial charge in [0.05, 0.1) is 18.8 Å². The van der Waals surface area contributed by atoms with Crippen LogP contribution in [0.5, 0.6) is 0 Å². The van der Waals surface area contributed by atoms with Crippen molar-refractivity contribution in [3.05, 3.63) is 22.4 Å². The van der Waals surface area contributed by atoms with Crippen molar-refractivity contribution >= 4 is 17.2 Å². The van der Waals surface area contributed by atoms with Crippen molar-refractivity contribution in [1.29, 1.82) is 0 Å². The molecule has 20 heavy (non-hydrogen) atoms. The van der Waals surface area contributed by atoms with Crippen molar-refractivity contribution in [1.82, 2.24) is 5.32 Å². The maximum absolute atomic E-state index is 12.1. The first kappa shape index (κ1) is 14.0. The van der Waals surface area contributed by atoms with E-state index in [2.05, 4.69) is 5.32 Å². The molecule has 1 aliphatic carbocycles. The lowest BCUT2D eigenvalue weighted by atomic mass is 9.86. The van der Waals surface area contributed by atoms with Crippen LogP contribution >= 0.6 is 11.3 Å². The highest BCUT2D eigenvalue weighted by atomic mass is 32.1. The van der Waals surface area contributed by atoms with E-state index in [1.807, 2.05) is 16.8 Å². The Morgan fingerprint density at radius 1 is 1.45 bits per heavy atom. The van der Waals surface area contributed by atoms with Gasteiger partial charge in [-0.15, -0.1) is 0 Å². The number of ether oxygens (including phenoxy) is 2. The summed E-state index contributed by atoms with van der Waals surface area (Å²) in [6, 6.07) is 1.81. The monoisotopic (exact) mass is 295 g/mol. The fourth-order valence-corrected chi connectivity index (χ4v) is 3.25. The maximum atomic E-state index is 12.1. The van der Waals surface area contributed by atoms with Crippen LogP contribution in [0.2, 0.25) is 0 Å². The molecule has 3 rings (SSSR count). The van der Waals surface area contributed by atoms with E-state index in [0.717, 1.165) is 31.1 Å². The van der Waals surface area contributed by atoms with E-state index in [1.54, 1.807) is 0 Å². The molecule has 5 heteroatoms. The maximum Gasteiger partial charge on any atom is 0.252 e. The summed E-state index contributed by atoms with van der Waals surface area (Å²) in [6.45, 7) is 2.10.